The summed E-state index contributed by atoms with van der Waals surface area (Å²) in [4.78, 5) is 11.6. The summed E-state index contributed by atoms with van der Waals surface area (Å²) in [7, 11) is 0. The molecule has 0 radical (unpaired) electrons. The first-order valence-corrected chi connectivity index (χ1v) is 6.44. The number of benzene rings is 1. The molecule has 0 spiro atoms. The fourth-order valence-electron chi connectivity index (χ4n) is 1.40. The minimum Gasteiger partial charge on any atom is -0.466 e. The second kappa shape index (κ2) is 6.60. The van der Waals surface area contributed by atoms with Crippen LogP contribution in [-0.4, -0.2) is 12.6 Å². The molecule has 0 aliphatic carbocycles. The topological polar surface area (TPSA) is 26.3 Å². The fraction of sp³-hybridized carbons (Fsp3) is 0.357. The lowest BCUT2D eigenvalue weighted by Gasteiger charge is -2.11. The van der Waals surface area contributed by atoms with Gasteiger partial charge in [0.05, 0.1) is 12.5 Å². The summed E-state index contributed by atoms with van der Waals surface area (Å²) in [6.45, 7) is 6.06. The summed E-state index contributed by atoms with van der Waals surface area (Å²) in [6.07, 6.45) is 2.01. The number of carbonyl (C=O) groups is 1. The largest absolute Gasteiger partial charge is 0.466 e. The molecule has 0 amide bonds. The maximum absolute atomic E-state index is 11.6. The van der Waals surface area contributed by atoms with Gasteiger partial charge in [-0.3, -0.25) is 4.79 Å². The highest BCUT2D eigenvalue weighted by atomic mass is 79.9. The van der Waals surface area contributed by atoms with E-state index in [-0.39, 0.29) is 11.9 Å². The first-order valence-electron chi connectivity index (χ1n) is 5.65. The molecule has 0 aromatic heterocycles. The van der Waals surface area contributed by atoms with Gasteiger partial charge >= 0.3 is 5.97 Å². The summed E-state index contributed by atoms with van der Waals surface area (Å²) < 4.78 is 6.04. The van der Waals surface area contributed by atoms with Crippen molar-refractivity contribution in [3.63, 3.8) is 0 Å². The number of hydrogen-bond acceptors (Lipinski definition) is 2. The smallest absolute Gasteiger partial charge is 0.312 e. The van der Waals surface area contributed by atoms with Crippen molar-refractivity contribution in [3.8, 4) is 0 Å². The molecule has 0 bridgehead atoms. The Bertz CT molecular complexity index is 407. The van der Waals surface area contributed by atoms with Gasteiger partial charge in [0.25, 0.3) is 0 Å². The van der Waals surface area contributed by atoms with Crippen LogP contribution in [0.25, 0.3) is 6.08 Å². The van der Waals surface area contributed by atoms with Crippen LogP contribution in [0.4, 0.5) is 0 Å². The van der Waals surface area contributed by atoms with E-state index in [1.807, 2.05) is 51.1 Å². The van der Waals surface area contributed by atoms with Crippen LogP contribution in [0.1, 0.15) is 26.3 Å². The summed E-state index contributed by atoms with van der Waals surface area (Å²) in [5, 5.41) is 0. The molecular formula is C14H17BrO2. The first-order chi connectivity index (χ1) is 8.04. The van der Waals surface area contributed by atoms with E-state index < -0.39 is 0 Å². The van der Waals surface area contributed by atoms with Crippen molar-refractivity contribution in [2.75, 3.05) is 6.61 Å². The van der Waals surface area contributed by atoms with E-state index in [1.54, 1.807) is 0 Å². The van der Waals surface area contributed by atoms with Crippen LogP contribution in [0.5, 0.6) is 0 Å². The van der Waals surface area contributed by atoms with Gasteiger partial charge in [0, 0.05) is 4.47 Å². The molecule has 0 saturated carbocycles. The molecule has 1 rings (SSSR count). The van der Waals surface area contributed by atoms with Crippen LogP contribution in [0.2, 0.25) is 0 Å². The number of carbonyl (C=O) groups excluding carboxylic acids is 1. The Kier molecular flexibility index (Phi) is 5.42. The van der Waals surface area contributed by atoms with Gasteiger partial charge in [-0.25, -0.2) is 0 Å². The van der Waals surface area contributed by atoms with Gasteiger partial charge in [0.15, 0.2) is 0 Å². The molecule has 1 unspecified atom stereocenters. The SMILES string of the molecule is CCOC(=O)C(C)/C(C)=C\c1ccc(Br)cc1. The quantitative estimate of drug-likeness (QED) is 0.784. The molecule has 92 valence electrons. The summed E-state index contributed by atoms with van der Waals surface area (Å²) in [5.41, 5.74) is 2.09. The first kappa shape index (κ1) is 14.0. The third-order valence-electron chi connectivity index (χ3n) is 2.59. The highest BCUT2D eigenvalue weighted by molar-refractivity contribution is 9.10. The zero-order valence-electron chi connectivity index (χ0n) is 10.4. The molecular weight excluding hydrogens is 280 g/mol. The molecule has 1 aromatic carbocycles. The van der Waals surface area contributed by atoms with E-state index >= 15 is 0 Å². The fourth-order valence-corrected chi connectivity index (χ4v) is 1.66. The van der Waals surface area contributed by atoms with E-state index in [2.05, 4.69) is 15.9 Å². The summed E-state index contributed by atoms with van der Waals surface area (Å²) in [6, 6.07) is 7.97. The van der Waals surface area contributed by atoms with Crippen molar-refractivity contribution in [2.45, 2.75) is 20.8 Å². The van der Waals surface area contributed by atoms with E-state index in [1.165, 1.54) is 0 Å². The van der Waals surface area contributed by atoms with Crippen LogP contribution in [0.3, 0.4) is 0 Å². The lowest BCUT2D eigenvalue weighted by molar-refractivity contribution is -0.146. The average Bonchev–Trinajstić information content (AvgIpc) is 2.31. The van der Waals surface area contributed by atoms with E-state index in [4.69, 9.17) is 4.74 Å². The molecule has 0 aliphatic heterocycles. The van der Waals surface area contributed by atoms with E-state index in [9.17, 15) is 4.79 Å². The lowest BCUT2D eigenvalue weighted by Crippen LogP contribution is -2.15. The Morgan fingerprint density at radius 1 is 1.41 bits per heavy atom. The van der Waals surface area contributed by atoms with Crippen molar-refractivity contribution < 1.29 is 9.53 Å². The monoisotopic (exact) mass is 296 g/mol. The Morgan fingerprint density at radius 2 is 2.00 bits per heavy atom. The number of halogens is 1. The maximum atomic E-state index is 11.6. The Hall–Kier alpha value is -1.09. The van der Waals surface area contributed by atoms with Gasteiger partial charge in [-0.05, 0) is 38.5 Å². The van der Waals surface area contributed by atoms with Gasteiger partial charge in [-0.1, -0.05) is 39.7 Å². The number of esters is 1. The molecule has 17 heavy (non-hydrogen) atoms. The summed E-state index contributed by atoms with van der Waals surface area (Å²) >= 11 is 3.39. The predicted octanol–water partition coefficient (Wildman–Crippen LogP) is 4.05. The average molecular weight is 297 g/mol. The second-order valence-electron chi connectivity index (χ2n) is 3.91. The number of rotatable bonds is 4. The molecule has 1 atom stereocenters. The highest BCUT2D eigenvalue weighted by Gasteiger charge is 2.15. The van der Waals surface area contributed by atoms with E-state index in [0.717, 1.165) is 15.6 Å². The number of hydrogen-bond donors (Lipinski definition) is 0. The Balaban J connectivity index is 2.77. The minimum absolute atomic E-state index is 0.168. The van der Waals surface area contributed by atoms with Gasteiger partial charge in [-0.2, -0.15) is 0 Å². The minimum atomic E-state index is -0.196. The molecule has 0 N–H and O–H groups in total. The molecule has 0 fully saturated rings. The van der Waals surface area contributed by atoms with Crippen molar-refractivity contribution in [3.05, 3.63) is 39.9 Å². The molecule has 0 heterocycles. The van der Waals surface area contributed by atoms with Crippen molar-refractivity contribution in [1.82, 2.24) is 0 Å². The second-order valence-corrected chi connectivity index (χ2v) is 4.83. The van der Waals surface area contributed by atoms with Gasteiger partial charge < -0.3 is 4.74 Å². The zero-order valence-corrected chi connectivity index (χ0v) is 12.0. The number of ether oxygens (including phenoxy) is 1. The Morgan fingerprint density at radius 3 is 2.53 bits per heavy atom. The zero-order chi connectivity index (χ0) is 12.8. The normalized spacial score (nSPS) is 13.3. The third kappa shape index (κ3) is 4.35. The predicted molar refractivity (Wildman–Crippen MR) is 73.6 cm³/mol. The van der Waals surface area contributed by atoms with Crippen molar-refractivity contribution in [2.24, 2.45) is 5.92 Å². The van der Waals surface area contributed by atoms with Crippen LogP contribution in [-0.2, 0) is 9.53 Å². The molecule has 0 saturated heterocycles. The molecule has 1 aromatic rings. The standard InChI is InChI=1S/C14H17BrO2/c1-4-17-14(16)11(3)10(2)9-12-5-7-13(15)8-6-12/h5-9,11H,4H2,1-3H3/b10-9-. The molecule has 2 nitrogen and oxygen atoms in total. The van der Waals surface area contributed by atoms with Crippen LogP contribution in [0, 0.1) is 5.92 Å². The van der Waals surface area contributed by atoms with Crippen LogP contribution >= 0.6 is 15.9 Å². The third-order valence-corrected chi connectivity index (χ3v) is 3.12. The summed E-state index contributed by atoms with van der Waals surface area (Å²) in [5.74, 6) is -0.364. The van der Waals surface area contributed by atoms with Crippen molar-refractivity contribution >= 4 is 28.0 Å². The molecule has 0 aliphatic rings. The van der Waals surface area contributed by atoms with E-state index in [0.29, 0.717) is 6.61 Å². The van der Waals surface area contributed by atoms with Gasteiger partial charge in [-0.15, -0.1) is 0 Å². The van der Waals surface area contributed by atoms with Crippen molar-refractivity contribution in [1.29, 1.82) is 0 Å². The van der Waals surface area contributed by atoms with Crippen LogP contribution in [0.15, 0.2) is 34.3 Å². The lowest BCUT2D eigenvalue weighted by atomic mass is 10.0. The highest BCUT2D eigenvalue weighted by Crippen LogP contribution is 2.18. The Labute approximate surface area is 111 Å². The van der Waals surface area contributed by atoms with Gasteiger partial charge in [0.1, 0.15) is 0 Å². The maximum Gasteiger partial charge on any atom is 0.312 e. The van der Waals surface area contributed by atoms with Crippen LogP contribution < -0.4 is 0 Å². The van der Waals surface area contributed by atoms with Gasteiger partial charge in [0.2, 0.25) is 0 Å². The molecule has 3 heteroatoms.